The number of halogens is 1. The summed E-state index contributed by atoms with van der Waals surface area (Å²) < 4.78 is 10.7. The van der Waals surface area contributed by atoms with Crippen LogP contribution in [0.15, 0.2) is 42.5 Å². The third-order valence-corrected chi connectivity index (χ3v) is 3.27. The van der Waals surface area contributed by atoms with Crippen molar-refractivity contribution in [3.8, 4) is 11.5 Å². The Labute approximate surface area is 124 Å². The van der Waals surface area contributed by atoms with Crippen LogP contribution in [0.25, 0.3) is 0 Å². The minimum absolute atomic E-state index is 0.566. The second-order valence-electron chi connectivity index (χ2n) is 4.38. The van der Waals surface area contributed by atoms with Gasteiger partial charge in [-0.25, -0.2) is 0 Å². The number of hydrogen-bond acceptors (Lipinski definition) is 3. The van der Waals surface area contributed by atoms with E-state index in [0.717, 1.165) is 27.8 Å². The molecule has 0 aliphatic rings. The molecule has 0 atom stereocenters. The number of benzene rings is 2. The van der Waals surface area contributed by atoms with Crippen LogP contribution < -0.4 is 14.8 Å². The summed E-state index contributed by atoms with van der Waals surface area (Å²) >= 11 is 6.14. The predicted octanol–water partition coefficient (Wildman–Crippen LogP) is 4.15. The molecule has 3 nitrogen and oxygen atoms in total. The summed E-state index contributed by atoms with van der Waals surface area (Å²) in [5.41, 5.74) is 2.09. The van der Waals surface area contributed by atoms with Crippen molar-refractivity contribution in [3.05, 3.63) is 53.1 Å². The Bertz CT molecular complexity index is 535. The van der Waals surface area contributed by atoms with Crippen LogP contribution in [0.1, 0.15) is 5.56 Å². The van der Waals surface area contributed by atoms with Crippen molar-refractivity contribution in [2.24, 2.45) is 0 Å². The van der Waals surface area contributed by atoms with Gasteiger partial charge >= 0.3 is 0 Å². The fourth-order valence-electron chi connectivity index (χ4n) is 1.87. The van der Waals surface area contributed by atoms with Crippen LogP contribution in [0.3, 0.4) is 0 Å². The maximum Gasteiger partial charge on any atom is 0.119 e. The molecule has 1 N–H and O–H groups in total. The number of ether oxygens (including phenoxy) is 2. The zero-order valence-corrected chi connectivity index (χ0v) is 12.4. The predicted molar refractivity (Wildman–Crippen MR) is 83.2 cm³/mol. The molecule has 0 spiro atoms. The monoisotopic (exact) mass is 291 g/mol. The van der Waals surface area contributed by atoms with Crippen LogP contribution in [-0.2, 0) is 0 Å². The Morgan fingerprint density at radius 2 is 1.75 bits per heavy atom. The quantitative estimate of drug-likeness (QED) is 0.811. The van der Waals surface area contributed by atoms with E-state index < -0.39 is 0 Å². The second kappa shape index (κ2) is 7.06. The fraction of sp³-hybridized carbons (Fsp3) is 0.250. The largest absolute Gasteiger partial charge is 0.497 e. The van der Waals surface area contributed by atoms with Gasteiger partial charge in [0.05, 0.1) is 17.8 Å². The molecule has 0 fully saturated rings. The van der Waals surface area contributed by atoms with Gasteiger partial charge in [0.15, 0.2) is 0 Å². The van der Waals surface area contributed by atoms with Gasteiger partial charge in [-0.1, -0.05) is 23.7 Å². The molecule has 2 aromatic carbocycles. The van der Waals surface area contributed by atoms with E-state index in [-0.39, 0.29) is 0 Å². The molecule has 0 bridgehead atoms. The van der Waals surface area contributed by atoms with E-state index in [2.05, 4.69) is 5.32 Å². The van der Waals surface area contributed by atoms with E-state index in [9.17, 15) is 0 Å². The Balaban J connectivity index is 1.81. The molecule has 0 aromatic heterocycles. The van der Waals surface area contributed by atoms with E-state index in [1.807, 2.05) is 49.4 Å². The van der Waals surface area contributed by atoms with Gasteiger partial charge in [0.2, 0.25) is 0 Å². The highest BCUT2D eigenvalue weighted by atomic mass is 35.5. The highest BCUT2D eigenvalue weighted by Crippen LogP contribution is 2.24. The Kier molecular flexibility index (Phi) is 5.13. The first-order valence-corrected chi connectivity index (χ1v) is 6.84. The molecule has 106 valence electrons. The highest BCUT2D eigenvalue weighted by molar-refractivity contribution is 6.33. The SMILES string of the molecule is COc1ccc(OCCNc2c(C)cccc2Cl)cc1. The van der Waals surface area contributed by atoms with E-state index in [1.165, 1.54) is 0 Å². The van der Waals surface area contributed by atoms with Crippen molar-refractivity contribution in [3.63, 3.8) is 0 Å². The van der Waals surface area contributed by atoms with Gasteiger partial charge < -0.3 is 14.8 Å². The maximum absolute atomic E-state index is 6.14. The first kappa shape index (κ1) is 14.5. The third-order valence-electron chi connectivity index (χ3n) is 2.95. The van der Waals surface area contributed by atoms with Gasteiger partial charge in [-0.3, -0.25) is 0 Å². The normalized spacial score (nSPS) is 10.2. The van der Waals surface area contributed by atoms with Crippen LogP contribution in [0, 0.1) is 6.92 Å². The van der Waals surface area contributed by atoms with E-state index in [4.69, 9.17) is 21.1 Å². The average Bonchev–Trinajstić information content (AvgIpc) is 2.46. The summed E-state index contributed by atoms with van der Waals surface area (Å²) in [6, 6.07) is 13.4. The van der Waals surface area contributed by atoms with Crippen molar-refractivity contribution in [2.75, 3.05) is 25.6 Å². The van der Waals surface area contributed by atoms with E-state index >= 15 is 0 Å². The topological polar surface area (TPSA) is 30.5 Å². The Hall–Kier alpha value is -1.87. The molecular weight excluding hydrogens is 274 g/mol. The van der Waals surface area contributed by atoms with Gasteiger partial charge in [-0.2, -0.15) is 0 Å². The molecule has 0 amide bonds. The summed E-state index contributed by atoms with van der Waals surface area (Å²) in [5.74, 6) is 1.64. The smallest absolute Gasteiger partial charge is 0.119 e. The third kappa shape index (κ3) is 3.81. The van der Waals surface area contributed by atoms with Crippen molar-refractivity contribution in [2.45, 2.75) is 6.92 Å². The lowest BCUT2D eigenvalue weighted by Crippen LogP contribution is -2.12. The fourth-order valence-corrected chi connectivity index (χ4v) is 2.16. The molecular formula is C16H18ClNO2. The minimum atomic E-state index is 0.566. The molecule has 20 heavy (non-hydrogen) atoms. The number of hydrogen-bond donors (Lipinski definition) is 1. The summed E-state index contributed by atoms with van der Waals surface area (Å²) in [4.78, 5) is 0. The van der Waals surface area contributed by atoms with Gasteiger partial charge in [0, 0.05) is 6.54 Å². The highest BCUT2D eigenvalue weighted by Gasteiger charge is 2.02. The van der Waals surface area contributed by atoms with Gasteiger partial charge in [-0.15, -0.1) is 0 Å². The van der Waals surface area contributed by atoms with Gasteiger partial charge in [-0.05, 0) is 42.8 Å². The molecule has 0 saturated carbocycles. The summed E-state index contributed by atoms with van der Waals surface area (Å²) in [5, 5.41) is 4.02. The zero-order valence-electron chi connectivity index (χ0n) is 11.7. The lowest BCUT2D eigenvalue weighted by Gasteiger charge is -2.12. The number of nitrogens with one attached hydrogen (secondary N) is 1. The lowest BCUT2D eigenvalue weighted by molar-refractivity contribution is 0.332. The zero-order chi connectivity index (χ0) is 14.4. The van der Waals surface area contributed by atoms with Crippen molar-refractivity contribution in [1.82, 2.24) is 0 Å². The molecule has 0 aliphatic carbocycles. The average molecular weight is 292 g/mol. The Morgan fingerprint density at radius 1 is 1.05 bits per heavy atom. The van der Waals surface area contributed by atoms with Crippen LogP contribution in [0.2, 0.25) is 5.02 Å². The number of para-hydroxylation sites is 1. The second-order valence-corrected chi connectivity index (χ2v) is 4.79. The molecule has 4 heteroatoms. The number of rotatable bonds is 6. The van der Waals surface area contributed by atoms with Crippen molar-refractivity contribution < 1.29 is 9.47 Å². The molecule has 2 aromatic rings. The molecule has 0 saturated heterocycles. The minimum Gasteiger partial charge on any atom is -0.497 e. The first-order valence-electron chi connectivity index (χ1n) is 6.46. The molecule has 0 heterocycles. The first-order chi connectivity index (χ1) is 9.70. The molecule has 0 unspecified atom stereocenters. The van der Waals surface area contributed by atoms with E-state index in [0.29, 0.717) is 13.2 Å². The van der Waals surface area contributed by atoms with Crippen LogP contribution in [0.5, 0.6) is 11.5 Å². The van der Waals surface area contributed by atoms with E-state index in [1.54, 1.807) is 7.11 Å². The van der Waals surface area contributed by atoms with Crippen LogP contribution >= 0.6 is 11.6 Å². The van der Waals surface area contributed by atoms with Crippen LogP contribution in [-0.4, -0.2) is 20.3 Å². The number of anilines is 1. The van der Waals surface area contributed by atoms with Crippen molar-refractivity contribution >= 4 is 17.3 Å². The van der Waals surface area contributed by atoms with Gasteiger partial charge in [0.1, 0.15) is 18.1 Å². The maximum atomic E-state index is 6.14. The Morgan fingerprint density at radius 3 is 2.40 bits per heavy atom. The van der Waals surface area contributed by atoms with Gasteiger partial charge in [0.25, 0.3) is 0 Å². The summed E-state index contributed by atoms with van der Waals surface area (Å²) in [6.07, 6.45) is 0. The standard InChI is InChI=1S/C16H18ClNO2/c1-12-4-3-5-15(17)16(12)18-10-11-20-14-8-6-13(19-2)7-9-14/h3-9,18H,10-11H2,1-2H3. The summed E-state index contributed by atoms with van der Waals surface area (Å²) in [6.45, 7) is 3.28. The molecule has 2 rings (SSSR count). The lowest BCUT2D eigenvalue weighted by atomic mass is 10.2. The van der Waals surface area contributed by atoms with Crippen LogP contribution in [0.4, 0.5) is 5.69 Å². The summed E-state index contributed by atoms with van der Waals surface area (Å²) in [7, 11) is 1.64. The number of aryl methyl sites for hydroxylation is 1. The number of methoxy groups -OCH3 is 1. The molecule has 0 aliphatic heterocycles. The van der Waals surface area contributed by atoms with Crippen molar-refractivity contribution in [1.29, 1.82) is 0 Å². The molecule has 0 radical (unpaired) electrons.